The molecule has 4 atom stereocenters. The summed E-state index contributed by atoms with van der Waals surface area (Å²) in [6, 6.07) is 8.74. The van der Waals surface area contributed by atoms with Gasteiger partial charge in [0.15, 0.2) is 0 Å². The van der Waals surface area contributed by atoms with Crippen molar-refractivity contribution < 1.29 is 9.59 Å². The maximum Gasteiger partial charge on any atom is 0.254 e. The number of hydrogen-bond acceptors (Lipinski definition) is 4. The number of carbonyl (C=O) groups is 2. The van der Waals surface area contributed by atoms with Gasteiger partial charge in [-0.25, -0.2) is 0 Å². The summed E-state index contributed by atoms with van der Waals surface area (Å²) < 4.78 is 0. The van der Waals surface area contributed by atoms with Crippen molar-refractivity contribution in [1.29, 1.82) is 0 Å². The van der Waals surface area contributed by atoms with Crippen LogP contribution < -0.4 is 0 Å². The minimum absolute atomic E-state index is 0.124. The molecule has 28 heavy (non-hydrogen) atoms. The Hall–Kier alpha value is -1.92. The Morgan fingerprint density at radius 1 is 0.643 bits per heavy atom. The number of likely N-dealkylation sites (N-methyl/N-ethyl adjacent to an activating group) is 2. The standard InChI is InChI=1S/C22H30N4O2/c1-23-11-17-7-8-18(12-23)25(17)21(27)15-3-5-16(6-4-15)22(28)26-19-9-10-20(26)14-24(2)13-19/h3-6,17-20H,7-14H2,1-2H3. The van der Waals surface area contributed by atoms with Gasteiger partial charge in [-0.1, -0.05) is 0 Å². The molecule has 6 nitrogen and oxygen atoms in total. The lowest BCUT2D eigenvalue weighted by atomic mass is 10.1. The van der Waals surface area contributed by atoms with Crippen molar-refractivity contribution in [3.63, 3.8) is 0 Å². The molecule has 1 aromatic carbocycles. The van der Waals surface area contributed by atoms with Gasteiger partial charge in [0.05, 0.1) is 0 Å². The van der Waals surface area contributed by atoms with Crippen molar-refractivity contribution in [2.45, 2.75) is 49.9 Å². The minimum Gasteiger partial charge on any atom is -0.330 e. The number of fused-ring (bicyclic) bond motifs is 4. The fraction of sp³-hybridized carbons (Fsp3) is 0.636. The summed E-state index contributed by atoms with van der Waals surface area (Å²) in [7, 11) is 4.28. The van der Waals surface area contributed by atoms with Crippen molar-refractivity contribution >= 4 is 11.8 Å². The van der Waals surface area contributed by atoms with E-state index >= 15 is 0 Å². The maximum absolute atomic E-state index is 13.1. The molecule has 1 aromatic rings. The molecule has 0 N–H and O–H groups in total. The van der Waals surface area contributed by atoms with Crippen LogP contribution in [0.5, 0.6) is 0 Å². The first kappa shape index (κ1) is 18.1. The second-order valence-corrected chi connectivity index (χ2v) is 9.21. The molecule has 0 aromatic heterocycles. The predicted octanol–water partition coefficient (Wildman–Crippen LogP) is 1.52. The Kier molecular flexibility index (Phi) is 4.43. The van der Waals surface area contributed by atoms with E-state index in [2.05, 4.69) is 33.7 Å². The molecule has 0 saturated carbocycles. The Morgan fingerprint density at radius 2 is 0.929 bits per heavy atom. The number of hydrogen-bond donors (Lipinski definition) is 0. The lowest BCUT2D eigenvalue weighted by Gasteiger charge is -2.40. The van der Waals surface area contributed by atoms with Crippen LogP contribution in [0.25, 0.3) is 0 Å². The molecule has 0 radical (unpaired) electrons. The van der Waals surface area contributed by atoms with Crippen LogP contribution in [0.3, 0.4) is 0 Å². The van der Waals surface area contributed by atoms with Gasteiger partial charge < -0.3 is 19.6 Å². The van der Waals surface area contributed by atoms with E-state index in [0.29, 0.717) is 35.3 Å². The van der Waals surface area contributed by atoms with Crippen LogP contribution in [-0.4, -0.2) is 95.9 Å². The van der Waals surface area contributed by atoms with Gasteiger partial charge in [-0.2, -0.15) is 0 Å². The zero-order chi connectivity index (χ0) is 19.4. The van der Waals surface area contributed by atoms with E-state index in [-0.39, 0.29) is 11.8 Å². The number of carbonyl (C=O) groups excluding carboxylic acids is 2. The highest BCUT2D eigenvalue weighted by atomic mass is 16.2. The monoisotopic (exact) mass is 382 g/mol. The van der Waals surface area contributed by atoms with E-state index in [1.165, 1.54) is 0 Å². The van der Waals surface area contributed by atoms with Crippen LogP contribution in [-0.2, 0) is 0 Å². The number of amides is 2. The summed E-state index contributed by atoms with van der Waals surface area (Å²) in [5.74, 6) is 0.249. The average molecular weight is 383 g/mol. The first-order valence-electron chi connectivity index (χ1n) is 10.6. The molecule has 5 rings (SSSR count). The third-order valence-corrected chi connectivity index (χ3v) is 7.18. The van der Waals surface area contributed by atoms with E-state index in [0.717, 1.165) is 51.9 Å². The first-order chi connectivity index (χ1) is 13.5. The Bertz CT molecular complexity index is 686. The maximum atomic E-state index is 13.1. The molecule has 4 unspecified atom stereocenters. The summed E-state index contributed by atoms with van der Waals surface area (Å²) >= 11 is 0. The third kappa shape index (κ3) is 2.94. The Balaban J connectivity index is 1.31. The fourth-order valence-electron chi connectivity index (χ4n) is 5.94. The van der Waals surface area contributed by atoms with Crippen LogP contribution >= 0.6 is 0 Å². The second-order valence-electron chi connectivity index (χ2n) is 9.21. The van der Waals surface area contributed by atoms with Gasteiger partial charge >= 0.3 is 0 Å². The molecule has 6 heteroatoms. The molecule has 4 saturated heterocycles. The normalized spacial score (nSPS) is 32.8. The summed E-state index contributed by atoms with van der Waals surface area (Å²) in [6.45, 7) is 3.85. The lowest BCUT2D eigenvalue weighted by molar-refractivity contribution is 0.0461. The lowest BCUT2D eigenvalue weighted by Crippen LogP contribution is -2.54. The van der Waals surface area contributed by atoms with Gasteiger partial charge in [-0.15, -0.1) is 0 Å². The number of rotatable bonds is 2. The molecule has 4 heterocycles. The zero-order valence-electron chi connectivity index (χ0n) is 16.9. The molecular weight excluding hydrogens is 352 g/mol. The average Bonchev–Trinajstić information content (AvgIpc) is 3.11. The first-order valence-corrected chi connectivity index (χ1v) is 10.6. The topological polar surface area (TPSA) is 47.1 Å². The summed E-state index contributed by atoms with van der Waals surface area (Å²) in [6.07, 6.45) is 4.40. The highest BCUT2D eigenvalue weighted by Gasteiger charge is 2.43. The van der Waals surface area contributed by atoms with Crippen LogP contribution in [0, 0.1) is 0 Å². The van der Waals surface area contributed by atoms with E-state index in [9.17, 15) is 9.59 Å². The highest BCUT2D eigenvalue weighted by Crippen LogP contribution is 2.32. The number of benzene rings is 1. The van der Waals surface area contributed by atoms with Crippen molar-refractivity contribution in [2.75, 3.05) is 40.3 Å². The molecule has 4 bridgehead atoms. The van der Waals surface area contributed by atoms with E-state index in [4.69, 9.17) is 0 Å². The Labute approximate surface area is 167 Å². The van der Waals surface area contributed by atoms with Crippen LogP contribution in [0.2, 0.25) is 0 Å². The largest absolute Gasteiger partial charge is 0.330 e. The Morgan fingerprint density at radius 3 is 1.21 bits per heavy atom. The molecule has 0 aliphatic carbocycles. The molecule has 4 aliphatic heterocycles. The SMILES string of the molecule is CN1CC2CCC(C1)N2C(=O)c1ccc(C(=O)N2C3CCC2CN(C)C3)cc1. The van der Waals surface area contributed by atoms with Gasteiger partial charge in [-0.05, 0) is 64.0 Å². The van der Waals surface area contributed by atoms with E-state index in [1.807, 2.05) is 24.3 Å². The van der Waals surface area contributed by atoms with E-state index in [1.54, 1.807) is 0 Å². The van der Waals surface area contributed by atoms with Crippen molar-refractivity contribution in [3.05, 3.63) is 35.4 Å². The summed E-state index contributed by atoms with van der Waals surface area (Å²) in [4.78, 5) is 35.1. The molecule has 150 valence electrons. The van der Waals surface area contributed by atoms with Crippen molar-refractivity contribution in [3.8, 4) is 0 Å². The molecule has 0 spiro atoms. The van der Waals surface area contributed by atoms with Crippen LogP contribution in [0.4, 0.5) is 0 Å². The molecule has 4 fully saturated rings. The van der Waals surface area contributed by atoms with Crippen LogP contribution in [0.1, 0.15) is 46.4 Å². The van der Waals surface area contributed by atoms with Gasteiger partial charge in [0.2, 0.25) is 0 Å². The molecule has 2 amide bonds. The molecule has 4 aliphatic rings. The number of nitrogens with zero attached hydrogens (tertiary/aromatic N) is 4. The van der Waals surface area contributed by atoms with Gasteiger partial charge in [0, 0.05) is 61.5 Å². The van der Waals surface area contributed by atoms with E-state index < -0.39 is 0 Å². The minimum atomic E-state index is 0.124. The molecular formula is C22H30N4O2. The zero-order valence-corrected chi connectivity index (χ0v) is 16.9. The quantitative estimate of drug-likeness (QED) is 0.778. The number of piperazine rings is 2. The summed E-state index contributed by atoms with van der Waals surface area (Å²) in [5, 5.41) is 0. The third-order valence-electron chi connectivity index (χ3n) is 7.18. The summed E-state index contributed by atoms with van der Waals surface area (Å²) in [5.41, 5.74) is 1.42. The highest BCUT2D eigenvalue weighted by molar-refractivity contribution is 5.98. The smallest absolute Gasteiger partial charge is 0.254 e. The second kappa shape index (κ2) is 6.85. The predicted molar refractivity (Wildman–Crippen MR) is 107 cm³/mol. The van der Waals surface area contributed by atoms with Gasteiger partial charge in [-0.3, -0.25) is 9.59 Å². The van der Waals surface area contributed by atoms with Crippen molar-refractivity contribution in [2.24, 2.45) is 0 Å². The van der Waals surface area contributed by atoms with Gasteiger partial charge in [0.25, 0.3) is 11.8 Å². The number of likely N-dealkylation sites (tertiary alicyclic amines) is 2. The van der Waals surface area contributed by atoms with Crippen molar-refractivity contribution in [1.82, 2.24) is 19.6 Å². The fourth-order valence-corrected chi connectivity index (χ4v) is 5.94. The van der Waals surface area contributed by atoms with Crippen LogP contribution in [0.15, 0.2) is 24.3 Å². The van der Waals surface area contributed by atoms with Gasteiger partial charge in [0.1, 0.15) is 0 Å².